The normalized spacial score (nSPS) is 22.7. The topological polar surface area (TPSA) is 69.7 Å². The van der Waals surface area contributed by atoms with Gasteiger partial charge in [0.15, 0.2) is 0 Å². The summed E-state index contributed by atoms with van der Waals surface area (Å²) >= 11 is 0. The zero-order valence-corrected chi connectivity index (χ0v) is 15.5. The van der Waals surface area contributed by atoms with Gasteiger partial charge < -0.3 is 14.5 Å². The second-order valence-electron chi connectivity index (χ2n) is 6.91. The van der Waals surface area contributed by atoms with Gasteiger partial charge in [-0.2, -0.15) is 0 Å². The molecule has 27 heavy (non-hydrogen) atoms. The molecule has 142 valence electrons. The molecule has 1 aromatic heterocycles. The lowest BCUT2D eigenvalue weighted by Crippen LogP contribution is -2.53. The number of nitrogens with zero attached hydrogens (tertiary/aromatic N) is 3. The van der Waals surface area contributed by atoms with Crippen LogP contribution in [-0.4, -0.2) is 55.1 Å². The fourth-order valence-electron chi connectivity index (χ4n) is 3.71. The second kappa shape index (κ2) is 7.94. The van der Waals surface area contributed by atoms with Crippen molar-refractivity contribution in [3.05, 3.63) is 54.2 Å². The number of carbonyl (C=O) groups excluding carboxylic acids is 1. The fourth-order valence-corrected chi connectivity index (χ4v) is 3.71. The number of methoxy groups -OCH3 is 1. The molecule has 2 unspecified atom stereocenters. The Hall–Kier alpha value is -2.64. The highest BCUT2D eigenvalue weighted by Crippen LogP contribution is 2.26. The molecule has 2 atom stereocenters. The number of hydrazine groups is 1. The monoisotopic (exact) mass is 367 g/mol. The Morgan fingerprint density at radius 2 is 1.96 bits per heavy atom. The smallest absolute Gasteiger partial charge is 0.241 e. The average molecular weight is 367 g/mol. The third-order valence-electron chi connectivity index (χ3n) is 5.26. The first-order chi connectivity index (χ1) is 13.2. The molecule has 2 fully saturated rings. The Morgan fingerprint density at radius 1 is 1.11 bits per heavy atom. The molecule has 2 aliphatic heterocycles. The number of amides is 1. The van der Waals surface area contributed by atoms with Crippen molar-refractivity contribution >= 4 is 11.7 Å². The highest BCUT2D eigenvalue weighted by Gasteiger charge is 2.34. The van der Waals surface area contributed by atoms with Crippen LogP contribution in [0.25, 0.3) is 0 Å². The molecule has 7 nitrogen and oxygen atoms in total. The van der Waals surface area contributed by atoms with Crippen LogP contribution < -0.4 is 20.5 Å². The van der Waals surface area contributed by atoms with Crippen LogP contribution in [0.1, 0.15) is 18.0 Å². The van der Waals surface area contributed by atoms with Gasteiger partial charge in [-0.3, -0.25) is 4.79 Å². The minimum atomic E-state index is -0.206. The minimum Gasteiger partial charge on any atom is -0.497 e. The number of ether oxygens (including phenoxy) is 1. The van der Waals surface area contributed by atoms with E-state index < -0.39 is 0 Å². The van der Waals surface area contributed by atoms with Crippen LogP contribution in [0.5, 0.6) is 5.75 Å². The maximum absolute atomic E-state index is 12.9. The first-order valence-corrected chi connectivity index (χ1v) is 9.34. The van der Waals surface area contributed by atoms with E-state index in [0.29, 0.717) is 0 Å². The highest BCUT2D eigenvalue weighted by atomic mass is 16.5. The largest absolute Gasteiger partial charge is 0.497 e. The summed E-state index contributed by atoms with van der Waals surface area (Å²) in [6, 6.07) is 13.8. The molecule has 2 aromatic rings. The number of aromatic nitrogens is 1. The molecule has 0 saturated carbocycles. The molecule has 3 heterocycles. The van der Waals surface area contributed by atoms with Crippen LogP contribution in [0.4, 0.5) is 5.82 Å². The molecule has 0 spiro atoms. The van der Waals surface area contributed by atoms with E-state index in [1.165, 1.54) is 0 Å². The summed E-state index contributed by atoms with van der Waals surface area (Å²) in [5, 5.41) is 0. The van der Waals surface area contributed by atoms with Gasteiger partial charge in [0, 0.05) is 38.4 Å². The quantitative estimate of drug-likeness (QED) is 0.850. The standard InChI is InChI=1S/C20H25N5O2/c1-27-16-6-4-5-15(13-16)17-14-18(23-22-17)20(26)25-11-9-24(10-12-25)19-7-2-3-8-21-19/h2-8,13,17-18,22-23H,9-12,14H2,1H3. The molecular weight excluding hydrogens is 342 g/mol. The van der Waals surface area contributed by atoms with Gasteiger partial charge in [-0.1, -0.05) is 18.2 Å². The molecule has 0 bridgehead atoms. The summed E-state index contributed by atoms with van der Waals surface area (Å²) in [5.41, 5.74) is 7.55. The maximum atomic E-state index is 12.9. The van der Waals surface area contributed by atoms with Crippen LogP contribution in [-0.2, 0) is 4.79 Å². The Kier molecular flexibility index (Phi) is 5.22. The van der Waals surface area contributed by atoms with E-state index in [0.717, 1.165) is 49.7 Å². The third kappa shape index (κ3) is 3.89. The van der Waals surface area contributed by atoms with Gasteiger partial charge in [0.2, 0.25) is 5.91 Å². The summed E-state index contributed by atoms with van der Waals surface area (Å²) in [7, 11) is 1.66. The van der Waals surface area contributed by atoms with E-state index >= 15 is 0 Å². The van der Waals surface area contributed by atoms with Crippen LogP contribution in [0, 0.1) is 0 Å². The van der Waals surface area contributed by atoms with Crippen molar-refractivity contribution in [3.63, 3.8) is 0 Å². The van der Waals surface area contributed by atoms with Crippen molar-refractivity contribution in [1.29, 1.82) is 0 Å². The Balaban J connectivity index is 1.33. The Bertz CT molecular complexity index is 777. The van der Waals surface area contributed by atoms with Crippen molar-refractivity contribution < 1.29 is 9.53 Å². The zero-order valence-electron chi connectivity index (χ0n) is 15.5. The predicted molar refractivity (Wildman–Crippen MR) is 103 cm³/mol. The molecular formula is C20H25N5O2. The van der Waals surface area contributed by atoms with Crippen LogP contribution in [0.3, 0.4) is 0 Å². The third-order valence-corrected chi connectivity index (χ3v) is 5.26. The number of rotatable bonds is 4. The number of carbonyl (C=O) groups is 1. The lowest BCUT2D eigenvalue weighted by Gasteiger charge is -2.36. The van der Waals surface area contributed by atoms with E-state index in [1.54, 1.807) is 13.3 Å². The number of hydrogen-bond acceptors (Lipinski definition) is 6. The van der Waals surface area contributed by atoms with E-state index in [4.69, 9.17) is 4.74 Å². The number of piperazine rings is 1. The van der Waals surface area contributed by atoms with Crippen molar-refractivity contribution in [1.82, 2.24) is 20.7 Å². The lowest BCUT2D eigenvalue weighted by atomic mass is 10.0. The SMILES string of the molecule is COc1cccc(C2CC(C(=O)N3CCN(c4ccccn4)CC3)NN2)c1. The first-order valence-electron chi connectivity index (χ1n) is 9.34. The van der Waals surface area contributed by atoms with Gasteiger partial charge >= 0.3 is 0 Å². The average Bonchev–Trinajstić information content (AvgIpc) is 3.24. The molecule has 1 aromatic carbocycles. The number of anilines is 1. The Morgan fingerprint density at radius 3 is 2.70 bits per heavy atom. The molecule has 2 saturated heterocycles. The molecule has 7 heteroatoms. The van der Waals surface area contributed by atoms with Crippen molar-refractivity contribution in [2.24, 2.45) is 0 Å². The van der Waals surface area contributed by atoms with Gasteiger partial charge in [0.25, 0.3) is 0 Å². The minimum absolute atomic E-state index is 0.101. The van der Waals surface area contributed by atoms with E-state index in [2.05, 4.69) is 26.8 Å². The van der Waals surface area contributed by atoms with Gasteiger partial charge in [-0.05, 0) is 36.2 Å². The second-order valence-corrected chi connectivity index (χ2v) is 6.91. The van der Waals surface area contributed by atoms with Crippen molar-refractivity contribution in [3.8, 4) is 5.75 Å². The summed E-state index contributed by atoms with van der Waals surface area (Å²) in [4.78, 5) is 21.5. The van der Waals surface area contributed by atoms with Crippen LogP contribution in [0.2, 0.25) is 0 Å². The van der Waals surface area contributed by atoms with Gasteiger partial charge in [-0.25, -0.2) is 15.8 Å². The number of nitrogens with one attached hydrogen (secondary N) is 2. The summed E-state index contributed by atoms with van der Waals surface area (Å²) < 4.78 is 5.30. The van der Waals surface area contributed by atoms with Crippen LogP contribution >= 0.6 is 0 Å². The molecule has 0 radical (unpaired) electrons. The highest BCUT2D eigenvalue weighted by molar-refractivity contribution is 5.82. The van der Waals surface area contributed by atoms with Crippen molar-refractivity contribution in [2.45, 2.75) is 18.5 Å². The van der Waals surface area contributed by atoms with E-state index in [1.807, 2.05) is 41.3 Å². The van der Waals surface area contributed by atoms with Gasteiger partial charge in [-0.15, -0.1) is 0 Å². The number of hydrogen-bond donors (Lipinski definition) is 2. The lowest BCUT2D eigenvalue weighted by molar-refractivity contribution is -0.133. The molecule has 2 N–H and O–H groups in total. The molecule has 4 rings (SSSR count). The van der Waals surface area contributed by atoms with Crippen LogP contribution in [0.15, 0.2) is 48.7 Å². The van der Waals surface area contributed by atoms with Gasteiger partial charge in [0.05, 0.1) is 7.11 Å². The zero-order chi connectivity index (χ0) is 18.6. The van der Waals surface area contributed by atoms with Gasteiger partial charge in [0.1, 0.15) is 17.6 Å². The summed E-state index contributed by atoms with van der Waals surface area (Å²) in [5.74, 6) is 1.96. The molecule has 1 amide bonds. The number of pyridine rings is 1. The Labute approximate surface area is 159 Å². The molecule has 2 aliphatic rings. The first kappa shape index (κ1) is 17.8. The summed E-state index contributed by atoms with van der Waals surface area (Å²) in [6.45, 7) is 3.05. The van der Waals surface area contributed by atoms with E-state index in [-0.39, 0.29) is 18.0 Å². The summed E-state index contributed by atoms with van der Waals surface area (Å²) in [6.07, 6.45) is 2.53. The van der Waals surface area contributed by atoms with E-state index in [9.17, 15) is 4.79 Å². The molecule has 0 aliphatic carbocycles. The maximum Gasteiger partial charge on any atom is 0.241 e. The fraction of sp³-hybridized carbons (Fsp3) is 0.400. The predicted octanol–water partition coefficient (Wildman–Crippen LogP) is 1.35. The number of benzene rings is 1. The van der Waals surface area contributed by atoms with Crippen molar-refractivity contribution in [2.75, 3.05) is 38.2 Å².